The molecule has 0 bridgehead atoms. The van der Waals surface area contributed by atoms with Gasteiger partial charge in [-0.1, -0.05) is 12.1 Å². The summed E-state index contributed by atoms with van der Waals surface area (Å²) in [6.45, 7) is 3.67. The summed E-state index contributed by atoms with van der Waals surface area (Å²) in [5.41, 5.74) is 7.72. The SMILES string of the molecule is Cc1n[nH]c2c1C(C)(c1cccc(N=O)c1)C(C#N)=C(N)O2. The van der Waals surface area contributed by atoms with E-state index in [0.717, 1.165) is 11.1 Å². The van der Waals surface area contributed by atoms with Crippen molar-refractivity contribution in [1.29, 1.82) is 5.26 Å². The Hall–Kier alpha value is -3.14. The van der Waals surface area contributed by atoms with E-state index in [0.29, 0.717) is 11.6 Å². The van der Waals surface area contributed by atoms with E-state index in [1.165, 1.54) is 0 Å². The third-order valence-corrected chi connectivity index (χ3v) is 4.01. The molecule has 0 amide bonds. The minimum Gasteiger partial charge on any atom is -0.422 e. The zero-order chi connectivity index (χ0) is 15.9. The van der Waals surface area contributed by atoms with E-state index < -0.39 is 5.41 Å². The van der Waals surface area contributed by atoms with Gasteiger partial charge in [-0.2, -0.15) is 10.4 Å². The Labute approximate surface area is 126 Å². The summed E-state index contributed by atoms with van der Waals surface area (Å²) < 4.78 is 5.46. The number of allylic oxidation sites excluding steroid dienone is 1. The Morgan fingerprint density at radius 1 is 1.50 bits per heavy atom. The Morgan fingerprint density at radius 3 is 2.95 bits per heavy atom. The van der Waals surface area contributed by atoms with Gasteiger partial charge in [-0.15, -0.1) is 4.91 Å². The van der Waals surface area contributed by atoms with E-state index in [4.69, 9.17) is 10.5 Å². The molecule has 1 atom stereocenters. The Morgan fingerprint density at radius 2 is 2.27 bits per heavy atom. The molecule has 3 N–H and O–H groups in total. The molecule has 0 aliphatic carbocycles. The van der Waals surface area contributed by atoms with Gasteiger partial charge in [0, 0.05) is 0 Å². The molecule has 7 nitrogen and oxygen atoms in total. The number of nitrogens with one attached hydrogen (secondary N) is 1. The number of H-pyrrole nitrogens is 1. The number of nitrogens with two attached hydrogens (primary N) is 1. The van der Waals surface area contributed by atoms with Crippen LogP contribution in [-0.2, 0) is 5.41 Å². The smallest absolute Gasteiger partial charge is 0.221 e. The van der Waals surface area contributed by atoms with Crippen molar-refractivity contribution in [3.05, 3.63) is 57.4 Å². The highest BCUT2D eigenvalue weighted by molar-refractivity contribution is 5.61. The summed E-state index contributed by atoms with van der Waals surface area (Å²) in [4.78, 5) is 10.8. The van der Waals surface area contributed by atoms with Gasteiger partial charge in [0.05, 0.1) is 16.7 Å². The molecule has 0 saturated carbocycles. The van der Waals surface area contributed by atoms with E-state index >= 15 is 0 Å². The van der Waals surface area contributed by atoms with Crippen molar-refractivity contribution in [1.82, 2.24) is 10.2 Å². The second kappa shape index (κ2) is 4.70. The third-order valence-electron chi connectivity index (χ3n) is 4.01. The van der Waals surface area contributed by atoms with Gasteiger partial charge in [0.2, 0.25) is 11.8 Å². The summed E-state index contributed by atoms with van der Waals surface area (Å²) in [5.74, 6) is 0.423. The van der Waals surface area contributed by atoms with Crippen LogP contribution in [0.1, 0.15) is 23.7 Å². The van der Waals surface area contributed by atoms with Gasteiger partial charge in [0.1, 0.15) is 17.3 Å². The van der Waals surface area contributed by atoms with Crippen LogP contribution in [0.15, 0.2) is 40.9 Å². The molecule has 7 heteroatoms. The van der Waals surface area contributed by atoms with Crippen molar-refractivity contribution in [3.8, 4) is 11.9 Å². The fourth-order valence-corrected chi connectivity index (χ4v) is 2.94. The van der Waals surface area contributed by atoms with Crippen LogP contribution in [0.25, 0.3) is 0 Å². The normalized spacial score (nSPS) is 20.0. The molecule has 1 aliphatic rings. The molecule has 3 rings (SSSR count). The zero-order valence-corrected chi connectivity index (χ0v) is 12.0. The lowest BCUT2D eigenvalue weighted by atomic mass is 9.70. The van der Waals surface area contributed by atoms with Crippen molar-refractivity contribution >= 4 is 5.69 Å². The van der Waals surface area contributed by atoms with Crippen LogP contribution in [0.2, 0.25) is 0 Å². The van der Waals surface area contributed by atoms with Gasteiger partial charge >= 0.3 is 0 Å². The Kier molecular flexibility index (Phi) is 2.95. The third kappa shape index (κ3) is 1.71. The van der Waals surface area contributed by atoms with Gasteiger partial charge in [-0.25, -0.2) is 5.10 Å². The van der Waals surface area contributed by atoms with Gasteiger partial charge in [0.25, 0.3) is 0 Å². The van der Waals surface area contributed by atoms with Crippen LogP contribution in [0, 0.1) is 23.2 Å². The molecule has 1 aliphatic heterocycles. The van der Waals surface area contributed by atoms with Gasteiger partial charge < -0.3 is 10.5 Å². The van der Waals surface area contributed by atoms with E-state index in [1.54, 1.807) is 18.2 Å². The van der Waals surface area contributed by atoms with Crippen molar-refractivity contribution in [3.63, 3.8) is 0 Å². The van der Waals surface area contributed by atoms with Crippen molar-refractivity contribution < 1.29 is 4.74 Å². The molecule has 2 aromatic rings. The number of aromatic nitrogens is 2. The maximum atomic E-state index is 10.8. The van der Waals surface area contributed by atoms with Crippen molar-refractivity contribution in [2.45, 2.75) is 19.3 Å². The van der Waals surface area contributed by atoms with Crippen LogP contribution in [0.4, 0.5) is 5.69 Å². The molecular weight excluding hydrogens is 282 g/mol. The lowest BCUT2D eigenvalue weighted by molar-refractivity contribution is 0.362. The van der Waals surface area contributed by atoms with E-state index in [2.05, 4.69) is 21.4 Å². The quantitative estimate of drug-likeness (QED) is 0.825. The molecule has 1 aromatic carbocycles. The standard InChI is InChI=1S/C15H13N5O2/c1-8-12-14(19-18-8)22-13(17)11(7-16)15(12,2)9-4-3-5-10(6-9)20-21/h3-6H,17H2,1-2H3,(H,18,19). The number of nitroso groups, excluding NO2 is 1. The highest BCUT2D eigenvalue weighted by atomic mass is 16.5. The van der Waals surface area contributed by atoms with E-state index in [1.807, 2.05) is 19.9 Å². The first-order chi connectivity index (χ1) is 10.5. The fraction of sp³-hybridized carbons (Fsp3) is 0.200. The number of nitriles is 1. The summed E-state index contributed by atoms with van der Waals surface area (Å²) in [5, 5.41) is 19.4. The largest absolute Gasteiger partial charge is 0.422 e. The second-order valence-corrected chi connectivity index (χ2v) is 5.23. The summed E-state index contributed by atoms with van der Waals surface area (Å²) in [6, 6.07) is 8.89. The molecule has 1 aromatic heterocycles. The van der Waals surface area contributed by atoms with Crippen LogP contribution in [-0.4, -0.2) is 10.2 Å². The molecule has 110 valence electrons. The van der Waals surface area contributed by atoms with Crippen LogP contribution >= 0.6 is 0 Å². The van der Waals surface area contributed by atoms with Crippen molar-refractivity contribution in [2.24, 2.45) is 10.9 Å². The van der Waals surface area contributed by atoms with Gasteiger partial charge in [0.15, 0.2) is 0 Å². The van der Waals surface area contributed by atoms with E-state index in [9.17, 15) is 10.2 Å². The number of hydrogen-bond acceptors (Lipinski definition) is 6. The van der Waals surface area contributed by atoms with E-state index in [-0.39, 0.29) is 17.1 Å². The molecule has 0 fully saturated rings. The topological polar surface area (TPSA) is 117 Å². The first-order valence-corrected chi connectivity index (χ1v) is 6.60. The number of benzene rings is 1. The minimum atomic E-state index is -0.871. The molecule has 2 heterocycles. The summed E-state index contributed by atoms with van der Waals surface area (Å²) >= 11 is 0. The average Bonchev–Trinajstić information content (AvgIpc) is 2.89. The molecule has 0 saturated heterocycles. The first kappa shape index (κ1) is 13.8. The zero-order valence-electron chi connectivity index (χ0n) is 12.0. The molecule has 22 heavy (non-hydrogen) atoms. The molecular formula is C15H13N5O2. The number of aromatic amines is 1. The van der Waals surface area contributed by atoms with Gasteiger partial charge in [-0.05, 0) is 36.7 Å². The predicted molar refractivity (Wildman–Crippen MR) is 79.1 cm³/mol. The Bertz CT molecular complexity index is 846. The predicted octanol–water partition coefficient (Wildman–Crippen LogP) is 2.51. The highest BCUT2D eigenvalue weighted by Gasteiger charge is 2.44. The highest BCUT2D eigenvalue weighted by Crippen LogP contribution is 2.48. The lowest BCUT2D eigenvalue weighted by Gasteiger charge is -2.34. The summed E-state index contributed by atoms with van der Waals surface area (Å²) in [7, 11) is 0. The molecule has 1 unspecified atom stereocenters. The number of fused-ring (bicyclic) bond motifs is 1. The number of ether oxygens (including phenoxy) is 1. The van der Waals surface area contributed by atoms with Crippen molar-refractivity contribution in [2.75, 3.05) is 0 Å². The second-order valence-electron chi connectivity index (χ2n) is 5.23. The lowest BCUT2D eigenvalue weighted by Crippen LogP contribution is -2.34. The number of rotatable bonds is 2. The van der Waals surface area contributed by atoms with Crippen LogP contribution < -0.4 is 10.5 Å². The number of aryl methyl sites for hydroxylation is 1. The first-order valence-electron chi connectivity index (χ1n) is 6.60. The molecule has 0 spiro atoms. The fourth-order valence-electron chi connectivity index (χ4n) is 2.94. The summed E-state index contributed by atoms with van der Waals surface area (Å²) in [6.07, 6.45) is 0. The monoisotopic (exact) mass is 295 g/mol. The van der Waals surface area contributed by atoms with Crippen LogP contribution in [0.3, 0.4) is 0 Å². The average molecular weight is 295 g/mol. The number of nitrogens with zero attached hydrogens (tertiary/aromatic N) is 3. The van der Waals surface area contributed by atoms with Gasteiger partial charge in [-0.3, -0.25) is 0 Å². The Balaban J connectivity index is 2.35. The minimum absolute atomic E-state index is 0.0191. The maximum Gasteiger partial charge on any atom is 0.221 e. The molecule has 0 radical (unpaired) electrons. The maximum absolute atomic E-state index is 10.8. The van der Waals surface area contributed by atoms with Crippen LogP contribution in [0.5, 0.6) is 5.88 Å². The number of hydrogen-bond donors (Lipinski definition) is 2.